The van der Waals surface area contributed by atoms with E-state index in [4.69, 9.17) is 97.5 Å². The van der Waals surface area contributed by atoms with Crippen LogP contribution in [0.1, 0.15) is 62.2 Å². The molecule has 128 heavy (non-hydrogen) atoms. The number of morpholine rings is 1. The van der Waals surface area contributed by atoms with Crippen LogP contribution < -0.4 is 26.7 Å². The zero-order valence-corrected chi connectivity index (χ0v) is 76.4. The van der Waals surface area contributed by atoms with E-state index >= 15 is 0 Å². The smallest absolute Gasteiger partial charge is 0.360 e. The first kappa shape index (κ1) is 95.3. The third-order valence-corrected chi connectivity index (χ3v) is 22.2. The van der Waals surface area contributed by atoms with Crippen LogP contribution in [0.2, 0.25) is 40.3 Å². The third-order valence-electron chi connectivity index (χ3n) is 19.1. The van der Waals surface area contributed by atoms with Gasteiger partial charge in [0.15, 0.2) is 63.1 Å². The number of aromatic hydroxyl groups is 7. The molecule has 1 amide bonds. The molecule has 12 heterocycles. The van der Waals surface area contributed by atoms with E-state index in [2.05, 4.69) is 75.2 Å². The fourth-order valence-corrected chi connectivity index (χ4v) is 14.9. The molecular formula is C87H74Cl8FIN18O13. The Labute approximate surface area is 780 Å². The van der Waals surface area contributed by atoms with E-state index in [-0.39, 0.29) is 112 Å². The number of hydrogen-bond acceptors (Lipinski definition) is 28. The highest BCUT2D eigenvalue weighted by Gasteiger charge is 2.28. The Morgan fingerprint density at radius 3 is 1.83 bits per heavy atom. The maximum absolute atomic E-state index is 12.9. The van der Waals surface area contributed by atoms with E-state index in [0.717, 1.165) is 53.8 Å². The normalized spacial score (nSPS) is 12.2. The SMILES string of the molecule is CN(C)Cc1nc2c(O)c(Cl)cc(Cl)c2n(CC2CC2)c1=O.CNCc1ccc2cnc(C(=O)NCc3ccc(F)cc3)c(O)c2n1.COC(=O)c1nc(Cl)c2cccnc2c1O.Cc1cnc2c(Cl)cc(Cl)c(O)c2n1.Cc1cnc2c(O)c(Cl)cc(Cl)c2n1.O=c1c(-c2ccc(Cl)cc2)cnc2c(O)c(I)ccn12.Oc1c(N2CCOCC2)ncc2cccnc12. The molecule has 0 radical (unpaired) electrons. The molecule has 16 aromatic rings. The Morgan fingerprint density at radius 1 is 0.570 bits per heavy atom. The molecule has 660 valence electrons. The van der Waals surface area contributed by atoms with E-state index in [1.807, 2.05) is 64.7 Å². The minimum atomic E-state index is -0.757. The number of halogens is 10. The first-order valence-electron chi connectivity index (χ1n) is 38.4. The number of hydrogen-bond donors (Lipinski definition) is 9. The molecule has 31 nitrogen and oxygen atoms in total. The first-order chi connectivity index (χ1) is 61.2. The van der Waals surface area contributed by atoms with Crippen LogP contribution in [-0.2, 0) is 35.7 Å². The van der Waals surface area contributed by atoms with Crippen LogP contribution in [0.5, 0.6) is 40.2 Å². The standard InChI is InChI=1S/C18H17FN4O2.C15H17Cl2N3O2.C14H8ClIN2O2.C12H13N3O2.C10H7ClN2O3.2C9H6Cl2N2O/c1-20-10-14-7-4-12-9-21-16(17(24)15(12)23-14)18(25)22-8-11-2-5-13(19)6-3-11;1-19(2)7-11-15(22)20(6-8-3-4-8)13-9(16)5-10(17)14(21)12(13)18-11;15-9-3-1-8(2-4-9)10-7-17-13-12(19)11(16)5-6-18(13)14(10)20;16-11-10-9(2-1-3-13-10)8-14-12(11)15-4-6-17-7-5-15;1-16-10(15)7-8(14)6-5(9(11)13-7)3-2-4-12-6;1-4-3-12-8-7(13-4)5(10)2-6(11)9(8)14;1-4-3-12-7-5(10)2-6(11)9(14)8(7)13-4/h2-7,9,20,24H,8,10H2,1H3,(H,22,25);5,8,21H,3-4,6-7H2,1-2H3;1-7,19H;1-3,8,16H,4-7H2;2-4,14H,1H3;2*2-3,14H,1H3. The van der Waals surface area contributed by atoms with Gasteiger partial charge >= 0.3 is 5.97 Å². The van der Waals surface area contributed by atoms with Crippen molar-refractivity contribution >= 4 is 205 Å². The van der Waals surface area contributed by atoms with Gasteiger partial charge in [0.05, 0.1) is 82.2 Å². The van der Waals surface area contributed by atoms with Crippen LogP contribution in [0.15, 0.2) is 168 Å². The largest absolute Gasteiger partial charge is 0.504 e. The van der Waals surface area contributed by atoms with Crippen molar-refractivity contribution in [3.8, 4) is 51.4 Å². The van der Waals surface area contributed by atoms with E-state index in [9.17, 15) is 59.3 Å². The van der Waals surface area contributed by atoms with Gasteiger partial charge in [-0.3, -0.25) is 33.7 Å². The zero-order chi connectivity index (χ0) is 92.1. The van der Waals surface area contributed by atoms with Crippen molar-refractivity contribution in [3.05, 3.63) is 269 Å². The Bertz CT molecular complexity index is 7020. The predicted octanol–water partition coefficient (Wildman–Crippen LogP) is 17.2. The van der Waals surface area contributed by atoms with Gasteiger partial charge in [-0.1, -0.05) is 117 Å². The van der Waals surface area contributed by atoms with E-state index in [1.54, 1.807) is 117 Å². The summed E-state index contributed by atoms with van der Waals surface area (Å²) < 4.78 is 26.3. The van der Waals surface area contributed by atoms with Crippen molar-refractivity contribution in [2.75, 3.05) is 59.5 Å². The third kappa shape index (κ3) is 22.6. The summed E-state index contributed by atoms with van der Waals surface area (Å²) in [5.41, 5.74) is 7.52. The van der Waals surface area contributed by atoms with Crippen molar-refractivity contribution < 1.29 is 59.2 Å². The second kappa shape index (κ2) is 42.8. The number of pyridine rings is 7. The van der Waals surface area contributed by atoms with Gasteiger partial charge in [-0.15, -0.1) is 0 Å². The fourth-order valence-electron chi connectivity index (χ4n) is 12.6. The van der Waals surface area contributed by atoms with Gasteiger partial charge in [0, 0.05) is 110 Å². The number of carbonyl (C=O) groups is 2. The summed E-state index contributed by atoms with van der Waals surface area (Å²) in [6, 6.07) is 29.4. The number of amides is 1. The molecule has 0 spiro atoms. The van der Waals surface area contributed by atoms with Crippen molar-refractivity contribution in [2.24, 2.45) is 5.92 Å². The van der Waals surface area contributed by atoms with Gasteiger partial charge < -0.3 is 70.2 Å². The van der Waals surface area contributed by atoms with Gasteiger partial charge in [0.25, 0.3) is 17.0 Å². The summed E-state index contributed by atoms with van der Waals surface area (Å²) in [4.78, 5) is 102. The minimum Gasteiger partial charge on any atom is -0.504 e. The molecule has 1 saturated carbocycles. The number of aromatic nitrogens is 14. The molecular weight excluding hydrogens is 1930 g/mol. The molecule has 11 aromatic heterocycles. The van der Waals surface area contributed by atoms with Crippen LogP contribution in [0.4, 0.5) is 10.2 Å². The number of phenolic OH excluding ortho intramolecular Hbond substituents is 3. The van der Waals surface area contributed by atoms with Crippen LogP contribution in [-0.4, -0.2) is 176 Å². The summed E-state index contributed by atoms with van der Waals surface area (Å²) >= 11 is 49.2. The monoisotopic (exact) mass is 2000 g/mol. The molecule has 18 rings (SSSR count). The second-order valence-corrected chi connectivity index (χ2v) is 32.9. The lowest BCUT2D eigenvalue weighted by molar-refractivity contribution is 0.0590. The number of nitrogens with one attached hydrogen (secondary N) is 2. The highest BCUT2D eigenvalue weighted by Crippen LogP contribution is 2.41. The molecule has 1 aliphatic heterocycles. The Balaban J connectivity index is 0.000000137. The Morgan fingerprint density at radius 2 is 1.17 bits per heavy atom. The van der Waals surface area contributed by atoms with Crippen LogP contribution >= 0.6 is 115 Å². The maximum Gasteiger partial charge on any atom is 0.360 e. The van der Waals surface area contributed by atoms with Crippen molar-refractivity contribution in [3.63, 3.8) is 0 Å². The molecule has 5 aromatic carbocycles. The Hall–Kier alpha value is -11.8. The molecule has 2 aliphatic rings. The maximum atomic E-state index is 12.9. The second-order valence-electron chi connectivity index (χ2n) is 28.5. The number of nitrogens with zero attached hydrogens (tertiary/aromatic N) is 16. The number of aryl methyl sites for hydroxylation is 2. The van der Waals surface area contributed by atoms with Gasteiger partial charge in [-0.05, 0) is 172 Å². The first-order valence-corrected chi connectivity index (χ1v) is 42.5. The molecule has 2 fully saturated rings. The van der Waals surface area contributed by atoms with E-state index < -0.39 is 11.9 Å². The van der Waals surface area contributed by atoms with E-state index in [1.165, 1.54) is 60.4 Å². The topological polar surface area (TPSA) is 423 Å². The lowest BCUT2D eigenvalue weighted by atomic mass is 10.1. The number of benzene rings is 5. The van der Waals surface area contributed by atoms with Crippen molar-refractivity contribution in [2.45, 2.75) is 52.9 Å². The molecule has 1 aliphatic carbocycles. The number of anilines is 1. The predicted molar refractivity (Wildman–Crippen MR) is 499 cm³/mol. The molecule has 9 N–H and O–H groups in total. The minimum absolute atomic E-state index is 0.00727. The van der Waals surface area contributed by atoms with E-state index in [0.29, 0.717) is 135 Å². The summed E-state index contributed by atoms with van der Waals surface area (Å²) in [6.45, 7) is 8.15. The van der Waals surface area contributed by atoms with Gasteiger partial charge in [0.2, 0.25) is 0 Å². The number of esters is 1. The number of fused-ring (bicyclic) bond motifs is 7. The number of rotatable bonds is 12. The lowest BCUT2D eigenvalue weighted by Gasteiger charge is -2.28. The summed E-state index contributed by atoms with van der Waals surface area (Å²) in [6.07, 6.45) is 14.8. The Kier molecular flexibility index (Phi) is 31.9. The summed E-state index contributed by atoms with van der Waals surface area (Å²) in [5, 5.41) is 79.7. The molecule has 0 atom stereocenters. The van der Waals surface area contributed by atoms with Crippen molar-refractivity contribution in [1.29, 1.82) is 0 Å². The van der Waals surface area contributed by atoms with Gasteiger partial charge in [-0.25, -0.2) is 54.0 Å². The molecule has 0 bridgehead atoms. The average molecular weight is 2010 g/mol. The number of methoxy groups -OCH3 is 1. The highest BCUT2D eigenvalue weighted by molar-refractivity contribution is 14.1. The quantitative estimate of drug-likeness (QED) is 0.0312. The number of carbonyl (C=O) groups excluding carboxylic acids is 2. The van der Waals surface area contributed by atoms with Crippen LogP contribution in [0, 0.1) is 29.2 Å². The number of phenols is 3. The number of ether oxygens (including phenoxy) is 2. The lowest BCUT2D eigenvalue weighted by Crippen LogP contribution is -2.36. The molecule has 41 heteroatoms. The molecule has 0 unspecified atom stereocenters. The zero-order valence-electron chi connectivity index (χ0n) is 68.2. The highest BCUT2D eigenvalue weighted by atomic mass is 127. The average Bonchev–Trinajstić information content (AvgIpc) is 1.08. The van der Waals surface area contributed by atoms with Crippen LogP contribution in [0.3, 0.4) is 0 Å². The van der Waals surface area contributed by atoms with Gasteiger partial charge in [-0.2, -0.15) is 0 Å². The summed E-state index contributed by atoms with van der Waals surface area (Å²) in [5.74, 6) is -1.25. The van der Waals surface area contributed by atoms with Crippen molar-refractivity contribution in [1.82, 2.24) is 84.3 Å². The molecule has 1 saturated heterocycles. The van der Waals surface area contributed by atoms with Crippen LogP contribution in [0.25, 0.3) is 82.6 Å². The fraction of sp³-hybridized carbons (Fsp3) is 0.195. The summed E-state index contributed by atoms with van der Waals surface area (Å²) in [7, 11) is 6.72. The van der Waals surface area contributed by atoms with Gasteiger partial charge in [0.1, 0.15) is 60.8 Å².